The van der Waals surface area contributed by atoms with Gasteiger partial charge in [0.25, 0.3) is 0 Å². The second-order valence-electron chi connectivity index (χ2n) is 15.5. The van der Waals surface area contributed by atoms with Crippen LogP contribution >= 0.6 is 56.5 Å². The molecule has 83 heavy (non-hydrogen) atoms. The SMILES string of the molecule is COP(Cl)(Cl)(OC)c1ccccc1.COP(Cl)(Cl)(OC)c1ccccc1.O=C([O-])c1ccnc(-c2nccc(C(=O)[O-])c2-c2cc(C(=O)[O-])ccn2)c1.O=C([O-])c1ccnc(-c2nccc(C(=O)[O-])c2-c2cc(C(=O)[O-])ccn2)c1.[Ru+2].[Ru+2].[Ru+2]. The van der Waals surface area contributed by atoms with Crippen LogP contribution in [0.2, 0.25) is 0 Å². The van der Waals surface area contributed by atoms with Crippen molar-refractivity contribution < 1.29 is 136 Å². The second-order valence-corrected chi connectivity index (χ2v) is 29.5. The number of halogens is 4. The van der Waals surface area contributed by atoms with Crippen molar-refractivity contribution in [3.05, 3.63) is 192 Å². The molecule has 8 rings (SSSR count). The summed E-state index contributed by atoms with van der Waals surface area (Å²) in [4.78, 5) is 91.7. The van der Waals surface area contributed by atoms with Crippen molar-refractivity contribution in [3.63, 3.8) is 0 Å². The van der Waals surface area contributed by atoms with E-state index in [9.17, 15) is 59.4 Å². The third kappa shape index (κ3) is 18.4. The fourth-order valence-corrected chi connectivity index (χ4v) is 10.6. The van der Waals surface area contributed by atoms with Crippen LogP contribution in [0.5, 0.6) is 0 Å². The number of carboxylic acid groups (broad SMARTS) is 6. The number of nitrogens with zero attached hydrogens (tertiary/aromatic N) is 6. The Bertz CT molecular complexity index is 3380. The number of carbonyl (C=O) groups is 6. The first kappa shape index (κ1) is 73.0. The third-order valence-corrected chi connectivity index (χ3v) is 21.2. The quantitative estimate of drug-likeness (QED) is 0.0990. The fraction of sp³-hybridized carbons (Fsp3) is 0.0769. The summed E-state index contributed by atoms with van der Waals surface area (Å²) >= 11 is 24.6. The van der Waals surface area contributed by atoms with E-state index in [0.29, 0.717) is 10.6 Å². The first-order valence-electron chi connectivity index (χ1n) is 22.2. The molecule has 0 saturated heterocycles. The summed E-state index contributed by atoms with van der Waals surface area (Å²) in [5.74, 6) is -16.2. The molecule has 0 unspecified atom stereocenters. The van der Waals surface area contributed by atoms with E-state index >= 15 is 0 Å². The Balaban J connectivity index is 0.000000394. The van der Waals surface area contributed by atoms with Crippen LogP contribution in [0.1, 0.15) is 62.1 Å². The molecule has 22 nitrogen and oxygen atoms in total. The third-order valence-electron chi connectivity index (χ3n) is 10.9. The minimum Gasteiger partial charge on any atom is -0.545 e. The van der Waals surface area contributed by atoms with Crippen molar-refractivity contribution in [2.24, 2.45) is 0 Å². The normalized spacial score (nSPS) is 11.4. The molecule has 8 aromatic rings. The van der Waals surface area contributed by atoms with Crippen LogP contribution in [-0.4, -0.2) is 94.2 Å². The van der Waals surface area contributed by atoms with Crippen LogP contribution < -0.4 is 41.2 Å². The first-order chi connectivity index (χ1) is 37.8. The van der Waals surface area contributed by atoms with Crippen LogP contribution in [0.3, 0.4) is 0 Å². The molecule has 0 radical (unpaired) electrons. The number of hydrogen-bond acceptors (Lipinski definition) is 22. The van der Waals surface area contributed by atoms with Gasteiger partial charge in [0.1, 0.15) is 0 Å². The number of pyridine rings is 6. The number of rotatable bonds is 16. The topological polar surface area (TPSA) is 355 Å². The van der Waals surface area contributed by atoms with Gasteiger partial charge < -0.3 is 59.4 Å². The average Bonchev–Trinajstić information content (AvgIpc) is 3.54. The molecule has 0 atom stereocenters. The monoisotopic (exact) mass is 1510 g/mol. The van der Waals surface area contributed by atoms with Gasteiger partial charge in [0.15, 0.2) is 0 Å². The average molecular weight is 1510 g/mol. The standard InChI is InChI=1S/2C18H11N3O6.2C8H11Cl2O2P.3Ru/c2*22-16(23)9-1-4-19-12(7-9)14-11(18(26)27)3-6-21-15(14)13-8-10(17(24)25)2-5-20-13;2*1-11-13(9,10,12-2)8-6-4-3-5-7-8;;;/h2*1-8H,(H,22,23)(H,24,25)(H,26,27);2*3-7H,1-2H3;;;/q;;;;3*+2/p-6. The Morgan fingerprint density at radius 2 is 0.590 bits per heavy atom. The summed E-state index contributed by atoms with van der Waals surface area (Å²) in [5.41, 5.74) is -1.60. The predicted molar refractivity (Wildman–Crippen MR) is 285 cm³/mol. The van der Waals surface area contributed by atoms with Crippen molar-refractivity contribution in [1.82, 2.24) is 29.9 Å². The zero-order chi connectivity index (χ0) is 59.1. The van der Waals surface area contributed by atoms with Crippen LogP contribution in [0, 0.1) is 0 Å². The molecule has 2 aromatic carbocycles. The van der Waals surface area contributed by atoms with Gasteiger partial charge in [-0.05, 0) is 60.7 Å². The Kier molecular flexibility index (Phi) is 27.9. The van der Waals surface area contributed by atoms with Gasteiger partial charge in [-0.2, -0.15) is 0 Å². The fourth-order valence-electron chi connectivity index (χ4n) is 6.83. The van der Waals surface area contributed by atoms with Gasteiger partial charge in [-0.1, -0.05) is 0 Å². The van der Waals surface area contributed by atoms with E-state index in [1.54, 1.807) is 24.3 Å². The van der Waals surface area contributed by atoms with Crippen LogP contribution in [-0.2, 0) is 76.5 Å². The molecule has 0 aliphatic heterocycles. The van der Waals surface area contributed by atoms with Gasteiger partial charge in [0, 0.05) is 81.7 Å². The number of carbonyl (C=O) groups excluding carboxylic acids is 6. The van der Waals surface area contributed by atoms with Gasteiger partial charge >= 0.3 is 233 Å². The first-order valence-corrected chi connectivity index (χ1v) is 30.0. The molecule has 0 spiro atoms. The maximum atomic E-state index is 11.6. The molecule has 434 valence electrons. The van der Waals surface area contributed by atoms with Crippen molar-refractivity contribution in [3.8, 4) is 45.3 Å². The van der Waals surface area contributed by atoms with E-state index in [1.165, 1.54) is 89.9 Å². The van der Waals surface area contributed by atoms with Crippen LogP contribution in [0.25, 0.3) is 45.3 Å². The molecular formula is C52H38Cl4N6O16P2Ru3. The van der Waals surface area contributed by atoms with E-state index in [0.717, 1.165) is 36.4 Å². The van der Waals surface area contributed by atoms with E-state index in [4.69, 9.17) is 63.1 Å². The molecule has 0 N–H and O–H groups in total. The van der Waals surface area contributed by atoms with Crippen LogP contribution in [0.15, 0.2) is 159 Å². The van der Waals surface area contributed by atoms with Crippen molar-refractivity contribution in [1.29, 1.82) is 0 Å². The number of benzene rings is 2. The summed E-state index contributed by atoms with van der Waals surface area (Å²) < 4.78 is 20.4. The molecule has 0 aliphatic carbocycles. The number of aromatic carboxylic acids is 6. The van der Waals surface area contributed by atoms with E-state index < -0.39 is 47.3 Å². The van der Waals surface area contributed by atoms with E-state index in [2.05, 4.69) is 29.9 Å². The van der Waals surface area contributed by atoms with Crippen molar-refractivity contribution in [2.45, 2.75) is 0 Å². The summed E-state index contributed by atoms with van der Waals surface area (Å²) in [6, 6.07) is 29.8. The van der Waals surface area contributed by atoms with Crippen molar-refractivity contribution >= 4 is 103 Å². The number of carboxylic acids is 6. The van der Waals surface area contributed by atoms with E-state index in [-0.39, 0.29) is 137 Å². The number of aromatic nitrogens is 6. The van der Waals surface area contributed by atoms with Gasteiger partial charge in [-0.15, -0.1) is 0 Å². The predicted octanol–water partition coefficient (Wildman–Crippen LogP) is 3.18. The Labute approximate surface area is 530 Å². The van der Waals surface area contributed by atoms with E-state index in [1.807, 2.05) is 36.4 Å². The summed E-state index contributed by atoms with van der Waals surface area (Å²) in [7, 11) is 5.76. The summed E-state index contributed by atoms with van der Waals surface area (Å²) in [6.45, 7) is 0. The molecule has 31 heteroatoms. The molecular weight excluding hydrogens is 1470 g/mol. The van der Waals surface area contributed by atoms with Gasteiger partial charge in [0.05, 0.1) is 70.0 Å². The van der Waals surface area contributed by atoms with Gasteiger partial charge in [0.2, 0.25) is 0 Å². The Morgan fingerprint density at radius 3 is 0.831 bits per heavy atom. The minimum atomic E-state index is -3.60. The van der Waals surface area contributed by atoms with Gasteiger partial charge in [-0.3, -0.25) is 29.9 Å². The second kappa shape index (κ2) is 31.7. The molecule has 0 saturated carbocycles. The largest absolute Gasteiger partial charge is 2.00 e. The molecule has 0 amide bonds. The molecule has 0 aliphatic rings. The van der Waals surface area contributed by atoms with Gasteiger partial charge in [-0.25, -0.2) is 0 Å². The zero-order valence-electron chi connectivity index (χ0n) is 42.7. The maximum Gasteiger partial charge on any atom is 2.00 e. The Hall–Kier alpha value is -6.11. The number of hydrogen-bond donors (Lipinski definition) is 0. The molecule has 6 heterocycles. The summed E-state index contributed by atoms with van der Waals surface area (Å²) in [6.07, 6.45) is 7.09. The molecule has 6 aromatic heterocycles. The maximum absolute atomic E-state index is 11.6. The minimum absolute atomic E-state index is 0. The summed E-state index contributed by atoms with van der Waals surface area (Å²) in [5, 5.41) is 68.8. The van der Waals surface area contributed by atoms with Crippen LogP contribution in [0.4, 0.5) is 0 Å². The molecule has 0 bridgehead atoms. The van der Waals surface area contributed by atoms with Crippen molar-refractivity contribution in [2.75, 3.05) is 28.4 Å². The Morgan fingerprint density at radius 1 is 0.349 bits per heavy atom. The molecule has 0 fully saturated rings. The smallest absolute Gasteiger partial charge is 0.545 e. The zero-order valence-corrected chi connectivity index (χ0v) is 52.7.